The molecule has 1 saturated heterocycles. The fourth-order valence-corrected chi connectivity index (χ4v) is 3.18. The Morgan fingerprint density at radius 3 is 2.70 bits per heavy atom. The summed E-state index contributed by atoms with van der Waals surface area (Å²) in [6, 6.07) is 3.11. The highest BCUT2D eigenvalue weighted by molar-refractivity contribution is 7.89. The van der Waals surface area contributed by atoms with Gasteiger partial charge in [0.05, 0.1) is 19.3 Å². The van der Waals surface area contributed by atoms with Crippen LogP contribution < -0.4 is 5.32 Å². The molecule has 1 aliphatic heterocycles. The Morgan fingerprint density at radius 2 is 2.15 bits per heavy atom. The number of anilines is 1. The van der Waals surface area contributed by atoms with Crippen molar-refractivity contribution in [3.8, 4) is 0 Å². The smallest absolute Gasteiger partial charge is 0.244 e. The van der Waals surface area contributed by atoms with Gasteiger partial charge in [0, 0.05) is 25.8 Å². The molecule has 2 rings (SSSR count). The van der Waals surface area contributed by atoms with Gasteiger partial charge in [-0.05, 0) is 19.1 Å². The quantitative estimate of drug-likeness (QED) is 0.789. The monoisotopic (exact) mass is 301 g/mol. The third-order valence-electron chi connectivity index (χ3n) is 2.92. The van der Waals surface area contributed by atoms with Crippen LogP contribution in [0.5, 0.6) is 0 Å². The molecule has 8 heteroatoms. The lowest BCUT2D eigenvalue weighted by molar-refractivity contribution is 0.0730. The molecule has 0 radical (unpaired) electrons. The van der Waals surface area contributed by atoms with Crippen LogP contribution >= 0.6 is 0 Å². The first-order chi connectivity index (χ1) is 9.50. The summed E-state index contributed by atoms with van der Waals surface area (Å²) in [6.45, 7) is 3.59. The number of pyridine rings is 1. The summed E-state index contributed by atoms with van der Waals surface area (Å²) >= 11 is 0. The molecular formula is C12H19N3O4S. The Kier molecular flexibility index (Phi) is 4.92. The second-order valence-electron chi connectivity index (χ2n) is 4.63. The molecule has 1 atom stereocenters. The number of nitrogens with one attached hydrogen (secondary N) is 1. The largest absolute Gasteiger partial charge is 0.392 e. The van der Waals surface area contributed by atoms with Gasteiger partial charge in [-0.15, -0.1) is 0 Å². The van der Waals surface area contributed by atoms with Crippen LogP contribution in [-0.2, 0) is 14.8 Å². The molecule has 0 amide bonds. The van der Waals surface area contributed by atoms with Gasteiger partial charge in [0.1, 0.15) is 10.7 Å². The number of nitrogens with zero attached hydrogens (tertiary/aromatic N) is 2. The third-order valence-corrected chi connectivity index (χ3v) is 4.80. The average Bonchev–Trinajstić information content (AvgIpc) is 2.46. The first kappa shape index (κ1) is 15.2. The van der Waals surface area contributed by atoms with Crippen LogP contribution in [0.2, 0.25) is 0 Å². The van der Waals surface area contributed by atoms with Gasteiger partial charge in [0.25, 0.3) is 0 Å². The maximum Gasteiger partial charge on any atom is 0.244 e. The molecule has 0 aliphatic carbocycles. The zero-order chi connectivity index (χ0) is 14.6. The fourth-order valence-electron chi connectivity index (χ4n) is 1.83. The van der Waals surface area contributed by atoms with Crippen molar-refractivity contribution < 1.29 is 18.3 Å². The van der Waals surface area contributed by atoms with Gasteiger partial charge in [0.2, 0.25) is 10.0 Å². The molecule has 0 spiro atoms. The highest BCUT2D eigenvalue weighted by Gasteiger charge is 2.26. The second-order valence-corrected chi connectivity index (χ2v) is 6.56. The van der Waals surface area contributed by atoms with Crippen molar-refractivity contribution in [2.75, 3.05) is 38.2 Å². The van der Waals surface area contributed by atoms with E-state index in [4.69, 9.17) is 9.84 Å². The standard InChI is InChI=1S/C12H19N3O4S/c1-10(16)8-13-12-3-2-11(9-14-12)20(17,18)15-4-6-19-7-5-15/h2-3,9-10,16H,4-8H2,1H3,(H,13,14)/t10-/m1/s1. The Hall–Kier alpha value is -1.22. The number of aliphatic hydroxyl groups is 1. The number of hydrogen-bond acceptors (Lipinski definition) is 6. The van der Waals surface area contributed by atoms with E-state index in [2.05, 4.69) is 10.3 Å². The fraction of sp³-hybridized carbons (Fsp3) is 0.583. The summed E-state index contributed by atoms with van der Waals surface area (Å²) in [7, 11) is -3.50. The Morgan fingerprint density at radius 1 is 1.45 bits per heavy atom. The number of rotatable bonds is 5. The lowest BCUT2D eigenvalue weighted by Gasteiger charge is -2.25. The summed E-state index contributed by atoms with van der Waals surface area (Å²) in [5.41, 5.74) is 0. The number of morpholine rings is 1. The second kappa shape index (κ2) is 6.49. The predicted octanol–water partition coefficient (Wildman–Crippen LogP) is -0.105. The van der Waals surface area contributed by atoms with Crippen molar-refractivity contribution in [1.29, 1.82) is 0 Å². The van der Waals surface area contributed by atoms with Gasteiger partial charge >= 0.3 is 0 Å². The summed E-state index contributed by atoms with van der Waals surface area (Å²) < 4.78 is 31.2. The molecule has 1 aromatic heterocycles. The van der Waals surface area contributed by atoms with Crippen molar-refractivity contribution >= 4 is 15.8 Å². The summed E-state index contributed by atoms with van der Waals surface area (Å²) in [4.78, 5) is 4.22. The molecule has 1 fully saturated rings. The van der Waals surface area contributed by atoms with Gasteiger partial charge < -0.3 is 15.2 Å². The molecule has 1 aliphatic rings. The summed E-state index contributed by atoms with van der Waals surface area (Å²) in [5, 5.41) is 12.1. The third kappa shape index (κ3) is 3.66. The van der Waals surface area contributed by atoms with Crippen molar-refractivity contribution in [3.63, 3.8) is 0 Å². The first-order valence-corrected chi connectivity index (χ1v) is 7.90. The van der Waals surface area contributed by atoms with E-state index in [1.165, 1.54) is 16.6 Å². The summed E-state index contributed by atoms with van der Waals surface area (Å²) in [5.74, 6) is 0.534. The average molecular weight is 301 g/mol. The van der Waals surface area contributed by atoms with Crippen molar-refractivity contribution in [2.45, 2.75) is 17.9 Å². The molecule has 112 valence electrons. The maximum absolute atomic E-state index is 12.3. The molecule has 0 aromatic carbocycles. The molecule has 20 heavy (non-hydrogen) atoms. The number of aromatic nitrogens is 1. The molecule has 0 unspecified atom stereocenters. The first-order valence-electron chi connectivity index (χ1n) is 6.46. The van der Waals surface area contributed by atoms with Crippen molar-refractivity contribution in [2.24, 2.45) is 0 Å². The Balaban J connectivity index is 2.08. The van der Waals surface area contributed by atoms with Crippen LogP contribution in [0.25, 0.3) is 0 Å². The summed E-state index contributed by atoms with van der Waals surface area (Å²) in [6.07, 6.45) is 0.836. The molecule has 0 saturated carbocycles. The minimum Gasteiger partial charge on any atom is -0.392 e. The van der Waals surface area contributed by atoms with E-state index >= 15 is 0 Å². The lowest BCUT2D eigenvalue weighted by Crippen LogP contribution is -2.40. The van der Waals surface area contributed by atoms with Crippen LogP contribution in [0.15, 0.2) is 23.2 Å². The SMILES string of the molecule is C[C@@H](O)CNc1ccc(S(=O)(=O)N2CCOCC2)cn1. The van der Waals surface area contributed by atoms with Crippen molar-refractivity contribution in [3.05, 3.63) is 18.3 Å². The normalized spacial score (nSPS) is 18.7. The topological polar surface area (TPSA) is 91.8 Å². The number of ether oxygens (including phenoxy) is 1. The van der Waals surface area contributed by atoms with Gasteiger partial charge in [-0.1, -0.05) is 0 Å². The minimum atomic E-state index is -3.50. The van der Waals surface area contributed by atoms with E-state index in [-0.39, 0.29) is 4.90 Å². The van der Waals surface area contributed by atoms with E-state index in [9.17, 15) is 8.42 Å². The lowest BCUT2D eigenvalue weighted by atomic mass is 10.4. The zero-order valence-corrected chi connectivity index (χ0v) is 12.1. The van der Waals surface area contributed by atoms with Crippen molar-refractivity contribution in [1.82, 2.24) is 9.29 Å². The van der Waals surface area contributed by atoms with E-state index in [0.29, 0.717) is 38.7 Å². The Labute approximate surface area is 118 Å². The zero-order valence-electron chi connectivity index (χ0n) is 11.3. The molecular weight excluding hydrogens is 282 g/mol. The number of hydrogen-bond donors (Lipinski definition) is 2. The Bertz CT molecular complexity index is 524. The van der Waals surface area contributed by atoms with Gasteiger partial charge in [-0.25, -0.2) is 13.4 Å². The van der Waals surface area contributed by atoms with E-state index in [1.807, 2.05) is 0 Å². The van der Waals surface area contributed by atoms with Gasteiger partial charge in [-0.3, -0.25) is 0 Å². The predicted molar refractivity (Wildman–Crippen MR) is 74.0 cm³/mol. The van der Waals surface area contributed by atoms with E-state index in [1.54, 1.807) is 13.0 Å². The molecule has 7 nitrogen and oxygen atoms in total. The molecule has 0 bridgehead atoms. The highest BCUT2D eigenvalue weighted by Crippen LogP contribution is 2.17. The van der Waals surface area contributed by atoms with Crippen LogP contribution in [0.1, 0.15) is 6.92 Å². The van der Waals surface area contributed by atoms with Crippen LogP contribution in [-0.4, -0.2) is 61.8 Å². The number of aliphatic hydroxyl groups excluding tert-OH is 1. The number of sulfonamides is 1. The minimum absolute atomic E-state index is 0.169. The van der Waals surface area contributed by atoms with E-state index < -0.39 is 16.1 Å². The van der Waals surface area contributed by atoms with Gasteiger partial charge in [-0.2, -0.15) is 4.31 Å². The molecule has 2 N–H and O–H groups in total. The molecule has 1 aromatic rings. The van der Waals surface area contributed by atoms with Gasteiger partial charge in [0.15, 0.2) is 0 Å². The highest BCUT2D eigenvalue weighted by atomic mass is 32.2. The van der Waals surface area contributed by atoms with Crippen LogP contribution in [0.3, 0.4) is 0 Å². The van der Waals surface area contributed by atoms with E-state index in [0.717, 1.165) is 0 Å². The maximum atomic E-state index is 12.3. The van der Waals surface area contributed by atoms with Crippen LogP contribution in [0, 0.1) is 0 Å². The molecule has 2 heterocycles. The van der Waals surface area contributed by atoms with Crippen LogP contribution in [0.4, 0.5) is 5.82 Å².